The van der Waals surface area contributed by atoms with Crippen molar-refractivity contribution in [2.45, 2.75) is 25.7 Å². The van der Waals surface area contributed by atoms with Gasteiger partial charge in [-0.2, -0.15) is 0 Å². The Bertz CT molecular complexity index is 866. The number of aliphatic hydroxyl groups is 1. The van der Waals surface area contributed by atoms with Gasteiger partial charge < -0.3 is 14.7 Å². The van der Waals surface area contributed by atoms with Crippen LogP contribution >= 0.6 is 0 Å². The van der Waals surface area contributed by atoms with Crippen molar-refractivity contribution in [1.82, 2.24) is 20.2 Å². The molecule has 0 radical (unpaired) electrons. The summed E-state index contributed by atoms with van der Waals surface area (Å²) in [6.07, 6.45) is -0.731. The minimum Gasteiger partial charge on any atom is -0.388 e. The summed E-state index contributed by atoms with van der Waals surface area (Å²) in [6, 6.07) is 18.7. The Morgan fingerprint density at radius 1 is 1.04 bits per heavy atom. The molecule has 7 heteroatoms. The first kappa shape index (κ1) is 17.6. The molecule has 0 bridgehead atoms. The molecule has 0 spiro atoms. The molecule has 1 fully saturated rings. The largest absolute Gasteiger partial charge is 0.388 e. The van der Waals surface area contributed by atoms with Crippen LogP contribution in [0.25, 0.3) is 11.1 Å². The highest BCUT2D eigenvalue weighted by atomic mass is 16.5. The molecule has 140 valence electrons. The Labute approximate surface area is 158 Å². The number of nitrogens with zero attached hydrogens (tertiary/aromatic N) is 5. The second-order valence-electron chi connectivity index (χ2n) is 6.67. The normalized spacial score (nSPS) is 19.6. The van der Waals surface area contributed by atoms with E-state index in [1.54, 1.807) is 4.68 Å². The monoisotopic (exact) mass is 365 g/mol. The van der Waals surface area contributed by atoms with Gasteiger partial charge in [0.1, 0.15) is 6.10 Å². The summed E-state index contributed by atoms with van der Waals surface area (Å²) in [5, 5.41) is 22.3. The fourth-order valence-electron chi connectivity index (χ4n) is 3.43. The second kappa shape index (κ2) is 7.85. The maximum atomic E-state index is 10.2. The Hall–Kier alpha value is -2.77. The minimum atomic E-state index is -0.528. The molecule has 1 aromatic heterocycles. The lowest BCUT2D eigenvalue weighted by molar-refractivity contribution is -0.00189. The van der Waals surface area contributed by atoms with Gasteiger partial charge in [-0.3, -0.25) is 0 Å². The third kappa shape index (κ3) is 3.84. The molecule has 1 aliphatic heterocycles. The van der Waals surface area contributed by atoms with Gasteiger partial charge in [-0.1, -0.05) is 59.7 Å². The Kier molecular flexibility index (Phi) is 5.13. The highest BCUT2D eigenvalue weighted by Crippen LogP contribution is 2.22. The van der Waals surface area contributed by atoms with Crippen LogP contribution in [0.3, 0.4) is 0 Å². The van der Waals surface area contributed by atoms with E-state index in [1.165, 1.54) is 11.1 Å². The minimum absolute atomic E-state index is 0.203. The smallest absolute Gasteiger partial charge is 0.246 e. The third-order valence-electron chi connectivity index (χ3n) is 4.81. The van der Waals surface area contributed by atoms with E-state index >= 15 is 0 Å². The zero-order chi connectivity index (χ0) is 18.6. The average Bonchev–Trinajstić information content (AvgIpc) is 3.30. The van der Waals surface area contributed by atoms with Gasteiger partial charge in [0.15, 0.2) is 0 Å². The van der Waals surface area contributed by atoms with Crippen LogP contribution in [0.15, 0.2) is 54.6 Å². The van der Waals surface area contributed by atoms with Crippen LogP contribution in [0.1, 0.15) is 12.5 Å². The van der Waals surface area contributed by atoms with Crippen LogP contribution in [-0.4, -0.2) is 57.2 Å². The molecule has 2 atom stereocenters. The summed E-state index contributed by atoms with van der Waals surface area (Å²) >= 11 is 0. The van der Waals surface area contributed by atoms with E-state index in [0.717, 1.165) is 5.56 Å². The number of hydrogen-bond acceptors (Lipinski definition) is 6. The molecular weight excluding hydrogens is 342 g/mol. The van der Waals surface area contributed by atoms with Crippen molar-refractivity contribution >= 4 is 5.95 Å². The van der Waals surface area contributed by atoms with Crippen LogP contribution in [-0.2, 0) is 11.3 Å². The van der Waals surface area contributed by atoms with Crippen LogP contribution in [0.2, 0.25) is 0 Å². The number of tetrazole rings is 1. The maximum Gasteiger partial charge on any atom is 0.246 e. The number of rotatable bonds is 6. The average molecular weight is 365 g/mol. The predicted octanol–water partition coefficient (Wildman–Crippen LogP) is 1.97. The molecule has 0 saturated carbocycles. The Morgan fingerprint density at radius 3 is 2.52 bits per heavy atom. The van der Waals surface area contributed by atoms with E-state index in [4.69, 9.17) is 4.74 Å². The number of hydrogen-bond donors (Lipinski definition) is 1. The second-order valence-corrected chi connectivity index (χ2v) is 6.67. The summed E-state index contributed by atoms with van der Waals surface area (Å²) < 4.78 is 7.35. The molecule has 1 saturated heterocycles. The number of ether oxygens (including phenoxy) is 1. The van der Waals surface area contributed by atoms with Crippen LogP contribution in [0.4, 0.5) is 5.95 Å². The van der Waals surface area contributed by atoms with E-state index in [9.17, 15) is 5.11 Å². The summed E-state index contributed by atoms with van der Waals surface area (Å²) in [5.41, 5.74) is 3.49. The summed E-state index contributed by atoms with van der Waals surface area (Å²) in [6.45, 7) is 4.14. The van der Waals surface area contributed by atoms with Gasteiger partial charge >= 0.3 is 0 Å². The molecule has 27 heavy (non-hydrogen) atoms. The Morgan fingerprint density at radius 2 is 1.78 bits per heavy atom. The molecular formula is C20H23N5O2. The molecule has 0 unspecified atom stereocenters. The van der Waals surface area contributed by atoms with Gasteiger partial charge in [0.05, 0.1) is 12.6 Å². The van der Waals surface area contributed by atoms with Gasteiger partial charge in [-0.05, 0) is 34.0 Å². The van der Waals surface area contributed by atoms with Crippen molar-refractivity contribution in [2.24, 2.45) is 0 Å². The first-order chi connectivity index (χ1) is 13.2. The third-order valence-corrected chi connectivity index (χ3v) is 4.81. The summed E-state index contributed by atoms with van der Waals surface area (Å²) in [4.78, 5) is 1.98. The Balaban J connectivity index is 1.48. The zero-order valence-corrected chi connectivity index (χ0v) is 15.3. The van der Waals surface area contributed by atoms with E-state index < -0.39 is 6.10 Å². The van der Waals surface area contributed by atoms with Crippen LogP contribution in [0, 0.1) is 0 Å². The quantitative estimate of drug-likeness (QED) is 0.720. The van der Waals surface area contributed by atoms with E-state index in [0.29, 0.717) is 32.2 Å². The molecule has 0 aliphatic carbocycles. The molecule has 0 amide bonds. The predicted molar refractivity (Wildman–Crippen MR) is 102 cm³/mol. The number of anilines is 1. The lowest BCUT2D eigenvalue weighted by Gasteiger charge is -2.16. The number of benzene rings is 2. The number of aromatic nitrogens is 4. The van der Waals surface area contributed by atoms with E-state index in [-0.39, 0.29) is 6.10 Å². The highest BCUT2D eigenvalue weighted by Gasteiger charge is 2.34. The molecule has 3 aromatic rings. The highest BCUT2D eigenvalue weighted by molar-refractivity contribution is 5.63. The van der Waals surface area contributed by atoms with Gasteiger partial charge in [0.2, 0.25) is 5.95 Å². The molecule has 7 nitrogen and oxygen atoms in total. The lowest BCUT2D eigenvalue weighted by atomic mass is 10.0. The van der Waals surface area contributed by atoms with Crippen molar-refractivity contribution in [2.75, 3.05) is 24.6 Å². The molecule has 1 N–H and O–H groups in total. The lowest BCUT2D eigenvalue weighted by Crippen LogP contribution is -2.27. The topological polar surface area (TPSA) is 76.3 Å². The molecule has 4 rings (SSSR count). The van der Waals surface area contributed by atoms with Crippen molar-refractivity contribution in [3.8, 4) is 11.1 Å². The van der Waals surface area contributed by atoms with Gasteiger partial charge in [0.25, 0.3) is 0 Å². The van der Waals surface area contributed by atoms with Gasteiger partial charge in [-0.15, -0.1) is 0 Å². The number of aliphatic hydroxyl groups excluding tert-OH is 1. The molecule has 1 aliphatic rings. The SMILES string of the molecule is CCO[C@@H]1CN(c2nnnn2Cc2ccc(-c3ccccc3)cc2)C[C@H]1O. The van der Waals surface area contributed by atoms with Gasteiger partial charge in [0, 0.05) is 19.7 Å². The van der Waals surface area contributed by atoms with Crippen molar-refractivity contribution < 1.29 is 9.84 Å². The van der Waals surface area contributed by atoms with Crippen LogP contribution < -0.4 is 4.90 Å². The van der Waals surface area contributed by atoms with Crippen molar-refractivity contribution in [3.05, 3.63) is 60.2 Å². The fraction of sp³-hybridized carbons (Fsp3) is 0.350. The molecule has 2 aromatic carbocycles. The summed E-state index contributed by atoms with van der Waals surface area (Å²) in [7, 11) is 0. The van der Waals surface area contributed by atoms with E-state index in [2.05, 4.69) is 51.9 Å². The first-order valence-electron chi connectivity index (χ1n) is 9.19. The summed E-state index contributed by atoms with van der Waals surface area (Å²) in [5.74, 6) is 0.656. The maximum absolute atomic E-state index is 10.2. The molecule has 2 heterocycles. The zero-order valence-electron chi connectivity index (χ0n) is 15.3. The first-order valence-corrected chi connectivity index (χ1v) is 9.19. The van der Waals surface area contributed by atoms with E-state index in [1.807, 2.05) is 30.0 Å². The standard InChI is InChI=1S/C20H23N5O2/c1-2-27-19-14-24(13-18(19)26)20-21-22-23-25(20)12-15-8-10-17(11-9-15)16-6-4-3-5-7-16/h3-11,18-19,26H,2,12-14H2,1H3/t18-,19-/m1/s1. The fourth-order valence-corrected chi connectivity index (χ4v) is 3.43. The number of β-amino-alcohol motifs (C(OH)–C–C–N with tert-alkyl or cyclic N) is 1. The van der Waals surface area contributed by atoms with Crippen molar-refractivity contribution in [3.63, 3.8) is 0 Å². The van der Waals surface area contributed by atoms with Crippen LogP contribution in [0.5, 0.6) is 0 Å². The van der Waals surface area contributed by atoms with Crippen molar-refractivity contribution in [1.29, 1.82) is 0 Å². The van der Waals surface area contributed by atoms with Gasteiger partial charge in [-0.25, -0.2) is 4.68 Å².